The lowest BCUT2D eigenvalue weighted by Crippen LogP contribution is -2.38. The van der Waals surface area contributed by atoms with Crippen LogP contribution in [0.15, 0.2) is 35.5 Å². The third-order valence-electron chi connectivity index (χ3n) is 3.80. The molecule has 1 heterocycles. The van der Waals surface area contributed by atoms with Crippen molar-refractivity contribution in [2.75, 3.05) is 37.8 Å². The molecule has 0 bridgehead atoms. The minimum Gasteiger partial charge on any atom is -0.466 e. The summed E-state index contributed by atoms with van der Waals surface area (Å²) in [6.45, 7) is 3.63. The van der Waals surface area contributed by atoms with E-state index in [1.165, 1.54) is 19.1 Å². The Balaban J connectivity index is 2.34. The van der Waals surface area contributed by atoms with Crippen molar-refractivity contribution in [3.8, 4) is 0 Å². The van der Waals surface area contributed by atoms with E-state index in [9.17, 15) is 14.4 Å². The smallest absolute Gasteiger partial charge is 0.355 e. The molecule has 0 spiro atoms. The van der Waals surface area contributed by atoms with E-state index in [2.05, 4.69) is 5.32 Å². The molecule has 1 amide bonds. The Kier molecular flexibility index (Phi) is 6.35. The molecule has 0 saturated carbocycles. The van der Waals surface area contributed by atoms with Crippen LogP contribution in [-0.2, 0) is 28.6 Å². The van der Waals surface area contributed by atoms with E-state index in [1.54, 1.807) is 38.1 Å². The summed E-state index contributed by atoms with van der Waals surface area (Å²) in [6.07, 6.45) is 0. The topological polar surface area (TPSA) is 94.2 Å². The van der Waals surface area contributed by atoms with Gasteiger partial charge in [0.25, 0.3) is 0 Å². The van der Waals surface area contributed by atoms with Gasteiger partial charge in [0.2, 0.25) is 5.91 Å². The molecule has 1 aliphatic rings. The van der Waals surface area contributed by atoms with Crippen LogP contribution in [0, 0.1) is 5.92 Å². The van der Waals surface area contributed by atoms with Crippen LogP contribution in [-0.4, -0.2) is 45.4 Å². The number of carbonyl (C=O) groups is 3. The van der Waals surface area contributed by atoms with E-state index in [-0.39, 0.29) is 36.4 Å². The van der Waals surface area contributed by atoms with Crippen LogP contribution < -0.4 is 10.2 Å². The van der Waals surface area contributed by atoms with Gasteiger partial charge in [-0.1, -0.05) is 13.8 Å². The van der Waals surface area contributed by atoms with E-state index in [4.69, 9.17) is 14.2 Å². The Labute approximate surface area is 151 Å². The van der Waals surface area contributed by atoms with Crippen LogP contribution in [0.5, 0.6) is 0 Å². The number of amides is 1. The summed E-state index contributed by atoms with van der Waals surface area (Å²) in [6, 6.07) is 6.83. The van der Waals surface area contributed by atoms with Crippen LogP contribution in [0.2, 0.25) is 0 Å². The third-order valence-corrected chi connectivity index (χ3v) is 3.80. The zero-order chi connectivity index (χ0) is 19.3. The second-order valence-electron chi connectivity index (χ2n) is 5.91. The highest BCUT2D eigenvalue weighted by atomic mass is 16.5. The SMILES string of the molecule is COC(=O)C1=C(C(=O)OC)N(c2ccc(NC(=O)C(C)C)cc2)COC1. The quantitative estimate of drug-likeness (QED) is 0.796. The summed E-state index contributed by atoms with van der Waals surface area (Å²) < 4.78 is 14.9. The zero-order valence-electron chi connectivity index (χ0n) is 15.2. The molecule has 0 atom stereocenters. The minimum absolute atomic E-state index is 0.0455. The molecule has 2 rings (SSSR count). The molecule has 0 unspecified atom stereocenters. The molecule has 140 valence electrons. The Morgan fingerprint density at radius 1 is 1.08 bits per heavy atom. The molecule has 0 aliphatic carbocycles. The van der Waals surface area contributed by atoms with Crippen molar-refractivity contribution >= 4 is 29.2 Å². The van der Waals surface area contributed by atoms with Crippen molar-refractivity contribution in [3.63, 3.8) is 0 Å². The highest BCUT2D eigenvalue weighted by Gasteiger charge is 2.32. The van der Waals surface area contributed by atoms with Gasteiger partial charge in [0.05, 0.1) is 26.4 Å². The first-order valence-electron chi connectivity index (χ1n) is 8.05. The Hall–Kier alpha value is -2.87. The lowest BCUT2D eigenvalue weighted by atomic mass is 10.1. The predicted octanol–water partition coefficient (Wildman–Crippen LogP) is 1.68. The number of hydrogen-bond donors (Lipinski definition) is 1. The fourth-order valence-corrected chi connectivity index (χ4v) is 2.36. The van der Waals surface area contributed by atoms with Crippen molar-refractivity contribution in [3.05, 3.63) is 35.5 Å². The first-order chi connectivity index (χ1) is 12.4. The van der Waals surface area contributed by atoms with Gasteiger partial charge in [0.1, 0.15) is 12.4 Å². The van der Waals surface area contributed by atoms with Gasteiger partial charge in [0.15, 0.2) is 0 Å². The molecule has 1 aromatic rings. The maximum absolute atomic E-state index is 12.2. The number of ether oxygens (including phenoxy) is 3. The largest absolute Gasteiger partial charge is 0.466 e. The highest BCUT2D eigenvalue weighted by Crippen LogP contribution is 2.27. The average Bonchev–Trinajstić information content (AvgIpc) is 2.66. The predicted molar refractivity (Wildman–Crippen MR) is 94.3 cm³/mol. The monoisotopic (exact) mass is 362 g/mol. The van der Waals surface area contributed by atoms with Gasteiger partial charge < -0.3 is 24.4 Å². The van der Waals surface area contributed by atoms with Crippen molar-refractivity contribution < 1.29 is 28.6 Å². The fraction of sp³-hybridized carbons (Fsp3) is 0.389. The Bertz CT molecular complexity index is 724. The molecule has 0 fully saturated rings. The summed E-state index contributed by atoms with van der Waals surface area (Å²) in [4.78, 5) is 37.5. The maximum atomic E-state index is 12.2. The maximum Gasteiger partial charge on any atom is 0.355 e. The van der Waals surface area contributed by atoms with E-state index in [0.717, 1.165) is 0 Å². The van der Waals surface area contributed by atoms with Crippen molar-refractivity contribution in [1.29, 1.82) is 0 Å². The van der Waals surface area contributed by atoms with Crippen molar-refractivity contribution in [2.45, 2.75) is 13.8 Å². The van der Waals surface area contributed by atoms with Gasteiger partial charge in [0, 0.05) is 17.3 Å². The van der Waals surface area contributed by atoms with Gasteiger partial charge in [-0.2, -0.15) is 0 Å². The second-order valence-corrected chi connectivity index (χ2v) is 5.91. The van der Waals surface area contributed by atoms with Gasteiger partial charge in [-0.25, -0.2) is 9.59 Å². The lowest BCUT2D eigenvalue weighted by molar-refractivity contribution is -0.140. The molecule has 1 aromatic carbocycles. The fourth-order valence-electron chi connectivity index (χ4n) is 2.36. The van der Waals surface area contributed by atoms with Crippen LogP contribution in [0.1, 0.15) is 13.8 Å². The molecular weight excluding hydrogens is 340 g/mol. The number of carbonyl (C=O) groups excluding carboxylic acids is 3. The number of hydrogen-bond acceptors (Lipinski definition) is 7. The van der Waals surface area contributed by atoms with Crippen LogP contribution in [0.3, 0.4) is 0 Å². The van der Waals surface area contributed by atoms with E-state index in [0.29, 0.717) is 11.4 Å². The van der Waals surface area contributed by atoms with Crippen LogP contribution in [0.25, 0.3) is 0 Å². The number of rotatable bonds is 5. The standard InChI is InChI=1S/C18H22N2O6/c1-11(2)16(21)19-12-5-7-13(8-6-12)20-10-26-9-14(17(22)24-3)15(20)18(23)25-4/h5-8,11H,9-10H2,1-4H3,(H,19,21). The Morgan fingerprint density at radius 2 is 1.69 bits per heavy atom. The number of esters is 2. The first-order valence-corrected chi connectivity index (χ1v) is 8.05. The number of benzene rings is 1. The zero-order valence-corrected chi connectivity index (χ0v) is 15.2. The summed E-state index contributed by atoms with van der Waals surface area (Å²) >= 11 is 0. The molecular formula is C18H22N2O6. The number of methoxy groups -OCH3 is 2. The molecule has 0 radical (unpaired) electrons. The number of anilines is 2. The summed E-state index contributed by atoms with van der Waals surface area (Å²) in [5, 5.41) is 2.79. The number of nitrogens with zero attached hydrogens (tertiary/aromatic N) is 1. The van der Waals surface area contributed by atoms with Gasteiger partial charge >= 0.3 is 11.9 Å². The van der Waals surface area contributed by atoms with Crippen molar-refractivity contribution in [2.24, 2.45) is 5.92 Å². The highest BCUT2D eigenvalue weighted by molar-refractivity contribution is 6.03. The molecule has 1 N–H and O–H groups in total. The van der Waals surface area contributed by atoms with Crippen molar-refractivity contribution in [1.82, 2.24) is 0 Å². The minimum atomic E-state index is -0.661. The van der Waals surface area contributed by atoms with Crippen LogP contribution in [0.4, 0.5) is 11.4 Å². The molecule has 0 saturated heterocycles. The van der Waals surface area contributed by atoms with Crippen LogP contribution >= 0.6 is 0 Å². The second kappa shape index (κ2) is 8.48. The van der Waals surface area contributed by atoms with Gasteiger partial charge in [-0.15, -0.1) is 0 Å². The van der Waals surface area contributed by atoms with Gasteiger partial charge in [-0.05, 0) is 24.3 Å². The van der Waals surface area contributed by atoms with E-state index in [1.807, 2.05) is 0 Å². The normalized spacial score (nSPS) is 14.3. The molecule has 1 aliphatic heterocycles. The molecule has 8 heteroatoms. The number of nitrogens with one attached hydrogen (secondary N) is 1. The summed E-state index contributed by atoms with van der Waals surface area (Å²) in [7, 11) is 2.47. The molecule has 8 nitrogen and oxygen atoms in total. The lowest BCUT2D eigenvalue weighted by Gasteiger charge is -2.31. The molecule has 26 heavy (non-hydrogen) atoms. The van der Waals surface area contributed by atoms with E-state index < -0.39 is 11.9 Å². The summed E-state index contributed by atoms with van der Waals surface area (Å²) in [5.74, 6) is -1.55. The first kappa shape index (κ1) is 19.5. The molecule has 0 aromatic heterocycles. The Morgan fingerprint density at radius 3 is 2.23 bits per heavy atom. The average molecular weight is 362 g/mol. The van der Waals surface area contributed by atoms with Gasteiger partial charge in [-0.3, -0.25) is 4.79 Å². The van der Waals surface area contributed by atoms with E-state index >= 15 is 0 Å². The third kappa shape index (κ3) is 4.20. The summed E-state index contributed by atoms with van der Waals surface area (Å²) in [5.41, 5.74) is 1.39.